The highest BCUT2D eigenvalue weighted by Gasteiger charge is 2.16. The number of nitrogens with zero attached hydrogens (tertiary/aromatic N) is 1. The van der Waals surface area contributed by atoms with Crippen molar-refractivity contribution in [1.82, 2.24) is 9.78 Å². The SMILES string of the molecule is CCc1[nH]n(-c2ccccc2Cl)c(=O)c1CCC(=O)O. The molecule has 0 aliphatic carbocycles. The second-order valence-corrected chi connectivity index (χ2v) is 4.82. The smallest absolute Gasteiger partial charge is 0.303 e. The van der Waals surface area contributed by atoms with E-state index in [0.717, 1.165) is 5.69 Å². The molecule has 1 aromatic heterocycles. The molecule has 0 bridgehead atoms. The average Bonchev–Trinajstić information content (AvgIpc) is 2.73. The number of aromatic amines is 1. The van der Waals surface area contributed by atoms with Gasteiger partial charge >= 0.3 is 5.97 Å². The topological polar surface area (TPSA) is 75.1 Å². The zero-order chi connectivity index (χ0) is 14.7. The fourth-order valence-corrected chi connectivity index (χ4v) is 2.32. The molecule has 0 amide bonds. The van der Waals surface area contributed by atoms with Gasteiger partial charge < -0.3 is 5.11 Å². The Morgan fingerprint density at radius 2 is 2.10 bits per heavy atom. The monoisotopic (exact) mass is 294 g/mol. The first kappa shape index (κ1) is 14.4. The van der Waals surface area contributed by atoms with Gasteiger partial charge in [-0.3, -0.25) is 14.7 Å². The molecule has 20 heavy (non-hydrogen) atoms. The van der Waals surface area contributed by atoms with E-state index < -0.39 is 5.97 Å². The average molecular weight is 295 g/mol. The normalized spacial score (nSPS) is 10.7. The van der Waals surface area contributed by atoms with Crippen molar-refractivity contribution in [1.29, 1.82) is 0 Å². The third-order valence-electron chi connectivity index (χ3n) is 3.11. The third kappa shape index (κ3) is 2.77. The van der Waals surface area contributed by atoms with E-state index in [4.69, 9.17) is 16.7 Å². The van der Waals surface area contributed by atoms with Crippen LogP contribution in [0.5, 0.6) is 0 Å². The van der Waals surface area contributed by atoms with Crippen LogP contribution in [-0.4, -0.2) is 20.9 Å². The van der Waals surface area contributed by atoms with Gasteiger partial charge in [-0.25, -0.2) is 4.68 Å². The van der Waals surface area contributed by atoms with Crippen molar-refractivity contribution in [3.63, 3.8) is 0 Å². The molecule has 0 aliphatic rings. The minimum absolute atomic E-state index is 0.0669. The molecule has 2 aromatic rings. The maximum Gasteiger partial charge on any atom is 0.303 e. The van der Waals surface area contributed by atoms with E-state index >= 15 is 0 Å². The van der Waals surface area contributed by atoms with Crippen LogP contribution in [0.15, 0.2) is 29.1 Å². The molecule has 106 valence electrons. The van der Waals surface area contributed by atoms with Crippen molar-refractivity contribution in [3.05, 3.63) is 50.9 Å². The number of carboxylic acids is 1. The number of halogens is 1. The number of benzene rings is 1. The van der Waals surface area contributed by atoms with E-state index in [2.05, 4.69) is 5.10 Å². The van der Waals surface area contributed by atoms with Crippen molar-refractivity contribution in [2.75, 3.05) is 0 Å². The summed E-state index contributed by atoms with van der Waals surface area (Å²) in [5.41, 5.74) is 1.58. The Bertz CT molecular complexity index is 688. The quantitative estimate of drug-likeness (QED) is 0.889. The zero-order valence-electron chi connectivity index (χ0n) is 11.0. The highest BCUT2D eigenvalue weighted by atomic mass is 35.5. The summed E-state index contributed by atoms with van der Waals surface area (Å²) >= 11 is 6.09. The van der Waals surface area contributed by atoms with E-state index in [-0.39, 0.29) is 18.4 Å². The number of aromatic nitrogens is 2. The predicted octanol–water partition coefficient (Wildman–Crippen LogP) is 2.40. The van der Waals surface area contributed by atoms with Gasteiger partial charge in [-0.05, 0) is 25.0 Å². The van der Waals surface area contributed by atoms with Gasteiger partial charge in [0.25, 0.3) is 5.56 Å². The van der Waals surface area contributed by atoms with Gasteiger partial charge in [0.05, 0.1) is 10.7 Å². The number of carbonyl (C=O) groups is 1. The van der Waals surface area contributed by atoms with Crippen molar-refractivity contribution in [2.45, 2.75) is 26.2 Å². The van der Waals surface area contributed by atoms with Gasteiger partial charge in [0.1, 0.15) is 0 Å². The molecule has 1 aromatic carbocycles. The van der Waals surface area contributed by atoms with E-state index in [0.29, 0.717) is 22.7 Å². The van der Waals surface area contributed by atoms with Crippen molar-refractivity contribution < 1.29 is 9.90 Å². The number of carboxylic acid groups (broad SMARTS) is 1. The van der Waals surface area contributed by atoms with Gasteiger partial charge in [0.2, 0.25) is 0 Å². The maximum absolute atomic E-state index is 12.4. The Hall–Kier alpha value is -2.01. The lowest BCUT2D eigenvalue weighted by Gasteiger charge is -2.03. The fraction of sp³-hybridized carbons (Fsp3) is 0.286. The Morgan fingerprint density at radius 3 is 2.70 bits per heavy atom. The summed E-state index contributed by atoms with van der Waals surface area (Å²) in [5, 5.41) is 12.2. The highest BCUT2D eigenvalue weighted by molar-refractivity contribution is 6.32. The van der Waals surface area contributed by atoms with Crippen LogP contribution in [0.2, 0.25) is 5.02 Å². The number of rotatable bonds is 5. The van der Waals surface area contributed by atoms with Crippen LogP contribution in [-0.2, 0) is 17.6 Å². The Kier molecular flexibility index (Phi) is 4.29. The van der Waals surface area contributed by atoms with Gasteiger partial charge in [0, 0.05) is 17.7 Å². The van der Waals surface area contributed by atoms with Crippen molar-refractivity contribution in [2.24, 2.45) is 0 Å². The minimum Gasteiger partial charge on any atom is -0.481 e. The second-order valence-electron chi connectivity index (χ2n) is 4.41. The molecule has 6 heteroatoms. The van der Waals surface area contributed by atoms with Crippen molar-refractivity contribution >= 4 is 17.6 Å². The first-order chi connectivity index (χ1) is 9.54. The number of para-hydroxylation sites is 1. The molecular weight excluding hydrogens is 280 g/mol. The summed E-state index contributed by atoms with van der Waals surface area (Å²) in [7, 11) is 0. The lowest BCUT2D eigenvalue weighted by molar-refractivity contribution is -0.136. The lowest BCUT2D eigenvalue weighted by atomic mass is 10.1. The number of hydrogen-bond acceptors (Lipinski definition) is 2. The van der Waals surface area contributed by atoms with E-state index in [1.165, 1.54) is 4.68 Å². The predicted molar refractivity (Wildman–Crippen MR) is 76.7 cm³/mol. The lowest BCUT2D eigenvalue weighted by Crippen LogP contribution is -2.18. The van der Waals surface area contributed by atoms with Gasteiger partial charge in [-0.1, -0.05) is 30.7 Å². The number of aryl methyl sites for hydroxylation is 1. The summed E-state index contributed by atoms with van der Waals surface area (Å²) in [6.45, 7) is 1.91. The number of H-pyrrole nitrogens is 1. The van der Waals surface area contributed by atoms with Crippen LogP contribution in [0.25, 0.3) is 5.69 Å². The highest BCUT2D eigenvalue weighted by Crippen LogP contribution is 2.19. The molecule has 0 atom stereocenters. The number of aliphatic carboxylic acids is 1. The third-order valence-corrected chi connectivity index (χ3v) is 3.43. The van der Waals surface area contributed by atoms with Crippen LogP contribution in [0, 0.1) is 0 Å². The summed E-state index contributed by atoms with van der Waals surface area (Å²) in [6.07, 6.45) is 0.773. The second kappa shape index (κ2) is 5.96. The molecule has 0 saturated heterocycles. The van der Waals surface area contributed by atoms with Gasteiger partial charge in [0.15, 0.2) is 0 Å². The van der Waals surface area contributed by atoms with Gasteiger partial charge in [-0.15, -0.1) is 0 Å². The first-order valence-corrected chi connectivity index (χ1v) is 6.71. The summed E-state index contributed by atoms with van der Waals surface area (Å²) in [5.74, 6) is -0.919. The molecule has 0 fully saturated rings. The standard InChI is InChI=1S/C14H15ClN2O3/c1-2-11-9(7-8-13(18)19)14(20)17(16-11)12-6-4-3-5-10(12)15/h3-6,16H,2,7-8H2,1H3,(H,18,19). The largest absolute Gasteiger partial charge is 0.481 e. The Balaban J connectivity index is 2.49. The molecule has 2 N–H and O–H groups in total. The van der Waals surface area contributed by atoms with Gasteiger partial charge in [-0.2, -0.15) is 0 Å². The van der Waals surface area contributed by atoms with E-state index in [1.807, 2.05) is 6.92 Å². The molecule has 0 saturated carbocycles. The number of hydrogen-bond donors (Lipinski definition) is 2. The summed E-state index contributed by atoms with van der Waals surface area (Å²) < 4.78 is 1.37. The summed E-state index contributed by atoms with van der Waals surface area (Å²) in [4.78, 5) is 23.1. The molecule has 2 rings (SSSR count). The molecule has 0 spiro atoms. The zero-order valence-corrected chi connectivity index (χ0v) is 11.8. The fourth-order valence-electron chi connectivity index (χ4n) is 2.10. The molecule has 0 aliphatic heterocycles. The van der Waals surface area contributed by atoms with E-state index in [1.54, 1.807) is 24.3 Å². The molecule has 0 radical (unpaired) electrons. The van der Waals surface area contributed by atoms with Crippen LogP contribution < -0.4 is 5.56 Å². The molecule has 0 unspecified atom stereocenters. The molecule has 5 nitrogen and oxygen atoms in total. The molecule has 1 heterocycles. The first-order valence-electron chi connectivity index (χ1n) is 6.34. The van der Waals surface area contributed by atoms with E-state index in [9.17, 15) is 9.59 Å². The van der Waals surface area contributed by atoms with Crippen molar-refractivity contribution in [3.8, 4) is 5.69 Å². The van der Waals surface area contributed by atoms with Crippen LogP contribution in [0.4, 0.5) is 0 Å². The maximum atomic E-state index is 12.4. The Morgan fingerprint density at radius 1 is 1.40 bits per heavy atom. The molecular formula is C14H15ClN2O3. The number of nitrogens with one attached hydrogen (secondary N) is 1. The van der Waals surface area contributed by atoms with Crippen LogP contribution in [0.3, 0.4) is 0 Å². The van der Waals surface area contributed by atoms with Crippen LogP contribution >= 0.6 is 11.6 Å². The van der Waals surface area contributed by atoms with Crippen LogP contribution in [0.1, 0.15) is 24.6 Å². The summed E-state index contributed by atoms with van der Waals surface area (Å²) in [6, 6.07) is 7.01. The minimum atomic E-state index is -0.919. The Labute approximate surface area is 120 Å².